The normalized spacial score (nSPS) is 11.8. The van der Waals surface area contributed by atoms with Crippen molar-refractivity contribution in [3.05, 3.63) is 188 Å². The van der Waals surface area contributed by atoms with Crippen molar-refractivity contribution in [3.63, 3.8) is 0 Å². The molecular formula is C48H31NO2. The van der Waals surface area contributed by atoms with Gasteiger partial charge in [-0.25, -0.2) is 0 Å². The average Bonchev–Trinajstić information content (AvgIpc) is 3.36. The van der Waals surface area contributed by atoms with Crippen molar-refractivity contribution in [2.24, 2.45) is 0 Å². The molecule has 1 aliphatic heterocycles. The SMILES string of the molecule is c1ccc(-c2ccc(N(c3cccc4c3Oc3cccc5cccc(c35)O4)c3ccc(-c4cccc5ccccc45)c4ccccc34)cc2)cc1. The van der Waals surface area contributed by atoms with Gasteiger partial charge in [0.25, 0.3) is 0 Å². The largest absolute Gasteiger partial charge is 0.453 e. The number of nitrogens with zero attached hydrogens (tertiary/aromatic N) is 1. The maximum Gasteiger partial charge on any atom is 0.193 e. The second-order valence-corrected chi connectivity index (χ2v) is 12.9. The standard InChI is InChI=1S/C48H31NO2/c1-2-12-32(13-3-1)33-26-28-36(29-27-33)49(43-22-11-25-46-48(43)51-45-24-10-17-35-16-9-23-44(50-46)47(35)45)42-31-30-40(39-19-6-7-20-41(39)42)38-21-8-15-34-14-4-5-18-37(34)38/h1-31H. The molecule has 0 bridgehead atoms. The first-order chi connectivity index (χ1) is 25.3. The topological polar surface area (TPSA) is 21.7 Å². The quantitative estimate of drug-likeness (QED) is 0.184. The highest BCUT2D eigenvalue weighted by atomic mass is 16.5. The summed E-state index contributed by atoms with van der Waals surface area (Å²) in [6.45, 7) is 0. The van der Waals surface area contributed by atoms with E-state index in [2.05, 4.69) is 157 Å². The van der Waals surface area contributed by atoms with Crippen LogP contribution in [0.3, 0.4) is 0 Å². The Bertz CT molecular complexity index is 2740. The molecule has 1 aliphatic rings. The Morgan fingerprint density at radius 2 is 0.922 bits per heavy atom. The Morgan fingerprint density at radius 3 is 1.75 bits per heavy atom. The highest BCUT2D eigenvalue weighted by Crippen LogP contribution is 2.53. The molecule has 9 aromatic carbocycles. The van der Waals surface area contributed by atoms with Crippen LogP contribution in [0.15, 0.2) is 188 Å². The number of benzene rings is 9. The van der Waals surface area contributed by atoms with Crippen molar-refractivity contribution in [1.82, 2.24) is 0 Å². The molecule has 0 aliphatic carbocycles. The van der Waals surface area contributed by atoms with Gasteiger partial charge in [-0.3, -0.25) is 0 Å². The van der Waals surface area contributed by atoms with Gasteiger partial charge in [-0.2, -0.15) is 0 Å². The van der Waals surface area contributed by atoms with Crippen LogP contribution < -0.4 is 14.4 Å². The zero-order valence-corrected chi connectivity index (χ0v) is 27.7. The molecular weight excluding hydrogens is 623 g/mol. The van der Waals surface area contributed by atoms with Crippen molar-refractivity contribution in [2.75, 3.05) is 4.90 Å². The van der Waals surface area contributed by atoms with Crippen molar-refractivity contribution in [2.45, 2.75) is 0 Å². The Balaban J connectivity index is 1.21. The van der Waals surface area contributed by atoms with E-state index in [9.17, 15) is 0 Å². The maximum atomic E-state index is 6.91. The van der Waals surface area contributed by atoms with E-state index in [1.165, 1.54) is 32.8 Å². The van der Waals surface area contributed by atoms with E-state index >= 15 is 0 Å². The number of hydrogen-bond acceptors (Lipinski definition) is 3. The van der Waals surface area contributed by atoms with E-state index < -0.39 is 0 Å². The van der Waals surface area contributed by atoms with E-state index in [-0.39, 0.29) is 0 Å². The number of hydrogen-bond donors (Lipinski definition) is 0. The lowest BCUT2D eigenvalue weighted by Gasteiger charge is -2.29. The lowest BCUT2D eigenvalue weighted by atomic mass is 9.93. The summed E-state index contributed by atoms with van der Waals surface area (Å²) in [6.07, 6.45) is 0. The molecule has 0 amide bonds. The molecule has 10 rings (SSSR count). The molecule has 0 atom stereocenters. The number of para-hydroxylation sites is 1. The predicted octanol–water partition coefficient (Wildman–Crippen LogP) is 13.8. The third kappa shape index (κ3) is 4.90. The molecule has 51 heavy (non-hydrogen) atoms. The van der Waals surface area contributed by atoms with Gasteiger partial charge in [-0.1, -0.05) is 146 Å². The van der Waals surface area contributed by atoms with E-state index in [1.807, 2.05) is 36.4 Å². The van der Waals surface area contributed by atoms with Crippen LogP contribution in [0.2, 0.25) is 0 Å². The predicted molar refractivity (Wildman–Crippen MR) is 211 cm³/mol. The van der Waals surface area contributed by atoms with Crippen LogP contribution in [0, 0.1) is 0 Å². The van der Waals surface area contributed by atoms with Gasteiger partial charge >= 0.3 is 0 Å². The van der Waals surface area contributed by atoms with E-state index in [0.717, 1.165) is 50.3 Å². The van der Waals surface area contributed by atoms with Crippen LogP contribution in [0.4, 0.5) is 17.1 Å². The summed E-state index contributed by atoms with van der Waals surface area (Å²) < 4.78 is 13.6. The molecule has 3 nitrogen and oxygen atoms in total. The Morgan fingerprint density at radius 1 is 0.333 bits per heavy atom. The lowest BCUT2D eigenvalue weighted by Crippen LogP contribution is -2.12. The zero-order valence-electron chi connectivity index (χ0n) is 27.7. The summed E-state index contributed by atoms with van der Waals surface area (Å²) in [4.78, 5) is 2.31. The molecule has 0 fully saturated rings. The summed E-state index contributed by atoms with van der Waals surface area (Å²) in [5.74, 6) is 2.88. The minimum Gasteiger partial charge on any atom is -0.453 e. The minimum atomic E-state index is 0.663. The summed E-state index contributed by atoms with van der Waals surface area (Å²) in [6, 6.07) is 66.1. The molecule has 0 spiro atoms. The molecule has 0 radical (unpaired) electrons. The summed E-state index contributed by atoms with van der Waals surface area (Å²) >= 11 is 0. The first-order valence-electron chi connectivity index (χ1n) is 17.3. The fourth-order valence-electron chi connectivity index (χ4n) is 7.55. The first kappa shape index (κ1) is 29.1. The Labute approximate surface area is 296 Å². The number of rotatable bonds is 5. The highest BCUT2D eigenvalue weighted by molar-refractivity contribution is 6.10. The van der Waals surface area contributed by atoms with Crippen LogP contribution in [0.1, 0.15) is 0 Å². The molecule has 0 aromatic heterocycles. The minimum absolute atomic E-state index is 0.663. The fourth-order valence-corrected chi connectivity index (χ4v) is 7.55. The van der Waals surface area contributed by atoms with Crippen molar-refractivity contribution in [3.8, 4) is 45.3 Å². The van der Waals surface area contributed by atoms with Gasteiger partial charge in [-0.15, -0.1) is 0 Å². The van der Waals surface area contributed by atoms with Gasteiger partial charge in [0.05, 0.1) is 16.8 Å². The van der Waals surface area contributed by atoms with Crippen molar-refractivity contribution in [1.29, 1.82) is 0 Å². The third-order valence-electron chi connectivity index (χ3n) is 9.91. The first-order valence-corrected chi connectivity index (χ1v) is 17.3. The summed E-state index contributed by atoms with van der Waals surface area (Å²) in [5, 5.41) is 6.80. The van der Waals surface area contributed by atoms with Gasteiger partial charge in [0, 0.05) is 11.1 Å². The summed E-state index contributed by atoms with van der Waals surface area (Å²) in [5.41, 5.74) is 7.67. The van der Waals surface area contributed by atoms with E-state index in [4.69, 9.17) is 9.47 Å². The van der Waals surface area contributed by atoms with Crippen LogP contribution in [0.25, 0.3) is 54.6 Å². The molecule has 1 heterocycles. The molecule has 0 unspecified atom stereocenters. The molecule has 9 aromatic rings. The Hall–Kier alpha value is -6.84. The van der Waals surface area contributed by atoms with Gasteiger partial charge in [-0.05, 0) is 86.3 Å². The van der Waals surface area contributed by atoms with Gasteiger partial charge in [0.2, 0.25) is 0 Å². The molecule has 0 saturated heterocycles. The number of anilines is 3. The average molecular weight is 654 g/mol. The van der Waals surface area contributed by atoms with E-state index in [1.54, 1.807) is 0 Å². The number of fused-ring (bicyclic) bond motifs is 3. The second kappa shape index (κ2) is 11.9. The molecule has 240 valence electrons. The van der Waals surface area contributed by atoms with Crippen LogP contribution in [-0.4, -0.2) is 0 Å². The van der Waals surface area contributed by atoms with Gasteiger partial charge < -0.3 is 14.4 Å². The second-order valence-electron chi connectivity index (χ2n) is 12.9. The van der Waals surface area contributed by atoms with Gasteiger partial charge in [0.15, 0.2) is 11.5 Å². The smallest absolute Gasteiger partial charge is 0.193 e. The maximum absolute atomic E-state index is 6.91. The molecule has 0 saturated carbocycles. The monoisotopic (exact) mass is 653 g/mol. The van der Waals surface area contributed by atoms with Crippen LogP contribution in [-0.2, 0) is 0 Å². The lowest BCUT2D eigenvalue weighted by molar-refractivity contribution is 0.440. The van der Waals surface area contributed by atoms with Gasteiger partial charge in [0.1, 0.15) is 11.5 Å². The molecule has 0 N–H and O–H groups in total. The third-order valence-corrected chi connectivity index (χ3v) is 9.91. The van der Waals surface area contributed by atoms with Crippen LogP contribution in [0.5, 0.6) is 23.0 Å². The highest BCUT2D eigenvalue weighted by Gasteiger charge is 2.27. The number of ether oxygens (including phenoxy) is 2. The van der Waals surface area contributed by atoms with Crippen LogP contribution >= 0.6 is 0 Å². The van der Waals surface area contributed by atoms with E-state index in [0.29, 0.717) is 11.5 Å². The van der Waals surface area contributed by atoms with Crippen molar-refractivity contribution >= 4 is 49.4 Å². The fraction of sp³-hybridized carbons (Fsp3) is 0. The zero-order chi connectivity index (χ0) is 33.7. The Kier molecular flexibility index (Phi) is 6.81. The summed E-state index contributed by atoms with van der Waals surface area (Å²) in [7, 11) is 0. The van der Waals surface area contributed by atoms with Crippen molar-refractivity contribution < 1.29 is 9.47 Å². The molecule has 3 heteroatoms.